The Morgan fingerprint density at radius 2 is 1.67 bits per heavy atom. The predicted molar refractivity (Wildman–Crippen MR) is 129 cm³/mol. The molecule has 0 aliphatic heterocycles. The Morgan fingerprint density at radius 1 is 1.00 bits per heavy atom. The van der Waals surface area contributed by atoms with Crippen molar-refractivity contribution < 1.29 is 29.2 Å². The standard InChI is InChI=1S/C27H36O6/c1-4-8-24(28)15-17-27(2,29)26(33-21-32-20-22-9-6-5-7-10-22)16-18-31-19-23-11-13-25(30-3)14-12-23/h4-7,9-15,17,24,26,28-29H,1,8,16,18-21H2,2-3H3/b17-15+/t24-,26-,27-/m1/s1. The van der Waals surface area contributed by atoms with Gasteiger partial charge in [0.05, 0.1) is 32.5 Å². The minimum atomic E-state index is -1.32. The van der Waals surface area contributed by atoms with E-state index in [1.165, 1.54) is 0 Å². The molecule has 0 saturated heterocycles. The Labute approximate surface area is 197 Å². The monoisotopic (exact) mass is 456 g/mol. The SMILES string of the molecule is C=CC[C@@H](O)/C=C/[C@@](C)(O)[C@@H](CCOCc1ccc(OC)cc1)OCOCc1ccccc1. The average Bonchev–Trinajstić information content (AvgIpc) is 2.83. The molecule has 0 aliphatic rings. The van der Waals surface area contributed by atoms with Crippen LogP contribution in [0.15, 0.2) is 79.4 Å². The second-order valence-corrected chi connectivity index (χ2v) is 7.97. The van der Waals surface area contributed by atoms with Gasteiger partial charge in [0, 0.05) is 13.0 Å². The van der Waals surface area contributed by atoms with Gasteiger partial charge in [-0.05, 0) is 36.6 Å². The van der Waals surface area contributed by atoms with E-state index < -0.39 is 17.8 Å². The molecule has 2 aromatic rings. The van der Waals surface area contributed by atoms with Gasteiger partial charge >= 0.3 is 0 Å². The van der Waals surface area contributed by atoms with E-state index in [1.54, 1.807) is 32.3 Å². The zero-order valence-electron chi connectivity index (χ0n) is 19.6. The number of aliphatic hydroxyl groups excluding tert-OH is 1. The van der Waals surface area contributed by atoms with Crippen LogP contribution in [0, 0.1) is 0 Å². The topological polar surface area (TPSA) is 77.4 Å². The van der Waals surface area contributed by atoms with E-state index in [1.807, 2.05) is 54.6 Å². The Balaban J connectivity index is 1.89. The highest BCUT2D eigenvalue weighted by Crippen LogP contribution is 2.20. The highest BCUT2D eigenvalue weighted by atomic mass is 16.7. The molecule has 2 N–H and O–H groups in total. The second kappa shape index (κ2) is 14.6. The molecule has 0 amide bonds. The van der Waals surface area contributed by atoms with Crippen LogP contribution in [0.25, 0.3) is 0 Å². The van der Waals surface area contributed by atoms with Crippen molar-refractivity contribution in [2.24, 2.45) is 0 Å². The lowest BCUT2D eigenvalue weighted by molar-refractivity contribution is -0.152. The summed E-state index contributed by atoms with van der Waals surface area (Å²) < 4.78 is 22.5. The summed E-state index contributed by atoms with van der Waals surface area (Å²) in [5, 5.41) is 21.0. The fourth-order valence-corrected chi connectivity index (χ4v) is 3.17. The number of ether oxygens (including phenoxy) is 4. The van der Waals surface area contributed by atoms with Gasteiger partial charge in [-0.2, -0.15) is 0 Å². The molecular formula is C27H36O6. The van der Waals surface area contributed by atoms with Crippen molar-refractivity contribution in [3.63, 3.8) is 0 Å². The van der Waals surface area contributed by atoms with Gasteiger partial charge in [0.15, 0.2) is 0 Å². The molecule has 0 bridgehead atoms. The van der Waals surface area contributed by atoms with Gasteiger partial charge < -0.3 is 29.2 Å². The van der Waals surface area contributed by atoms with Crippen LogP contribution in [0.4, 0.5) is 0 Å². The molecule has 0 radical (unpaired) electrons. The first-order valence-electron chi connectivity index (χ1n) is 11.1. The van der Waals surface area contributed by atoms with Crippen LogP contribution in [0.2, 0.25) is 0 Å². The largest absolute Gasteiger partial charge is 0.497 e. The first-order valence-corrected chi connectivity index (χ1v) is 11.1. The second-order valence-electron chi connectivity index (χ2n) is 7.97. The zero-order chi connectivity index (χ0) is 23.9. The number of aliphatic hydroxyl groups is 2. The first-order chi connectivity index (χ1) is 15.9. The molecule has 0 saturated carbocycles. The minimum Gasteiger partial charge on any atom is -0.497 e. The van der Waals surface area contributed by atoms with Gasteiger partial charge in [0.1, 0.15) is 18.1 Å². The van der Waals surface area contributed by atoms with Crippen LogP contribution in [-0.2, 0) is 27.4 Å². The Morgan fingerprint density at radius 3 is 2.33 bits per heavy atom. The van der Waals surface area contributed by atoms with Crippen molar-refractivity contribution >= 4 is 0 Å². The third kappa shape index (κ3) is 10.3. The fourth-order valence-electron chi connectivity index (χ4n) is 3.17. The van der Waals surface area contributed by atoms with Crippen molar-refractivity contribution in [1.29, 1.82) is 0 Å². The van der Waals surface area contributed by atoms with Crippen LogP contribution < -0.4 is 4.74 Å². The van der Waals surface area contributed by atoms with Crippen LogP contribution in [-0.4, -0.2) is 48.5 Å². The van der Waals surface area contributed by atoms with Crippen molar-refractivity contribution in [2.75, 3.05) is 20.5 Å². The normalized spacial score (nSPS) is 15.2. The Bertz CT molecular complexity index is 816. The van der Waals surface area contributed by atoms with E-state index in [2.05, 4.69) is 6.58 Å². The van der Waals surface area contributed by atoms with Gasteiger partial charge in [-0.1, -0.05) is 60.7 Å². The number of rotatable bonds is 16. The van der Waals surface area contributed by atoms with E-state index in [0.29, 0.717) is 32.7 Å². The van der Waals surface area contributed by atoms with Gasteiger partial charge in [-0.25, -0.2) is 0 Å². The lowest BCUT2D eigenvalue weighted by Gasteiger charge is -2.30. The molecule has 0 unspecified atom stereocenters. The highest BCUT2D eigenvalue weighted by molar-refractivity contribution is 5.26. The van der Waals surface area contributed by atoms with E-state index >= 15 is 0 Å². The smallest absolute Gasteiger partial charge is 0.147 e. The molecular weight excluding hydrogens is 420 g/mol. The molecule has 0 spiro atoms. The molecule has 180 valence electrons. The zero-order valence-corrected chi connectivity index (χ0v) is 19.6. The van der Waals surface area contributed by atoms with E-state index in [0.717, 1.165) is 16.9 Å². The molecule has 33 heavy (non-hydrogen) atoms. The lowest BCUT2D eigenvalue weighted by atomic mass is 9.95. The molecule has 6 heteroatoms. The summed E-state index contributed by atoms with van der Waals surface area (Å²) in [6, 6.07) is 17.5. The Kier molecular flexibility index (Phi) is 11.9. The molecule has 0 aromatic heterocycles. The van der Waals surface area contributed by atoms with Gasteiger partial charge in [0.25, 0.3) is 0 Å². The van der Waals surface area contributed by atoms with Crippen molar-refractivity contribution in [3.05, 3.63) is 90.5 Å². The van der Waals surface area contributed by atoms with E-state index in [-0.39, 0.29) is 6.79 Å². The third-order valence-corrected chi connectivity index (χ3v) is 5.13. The van der Waals surface area contributed by atoms with Crippen molar-refractivity contribution in [3.8, 4) is 5.75 Å². The maximum Gasteiger partial charge on any atom is 0.147 e. The summed E-state index contributed by atoms with van der Waals surface area (Å²) in [5.41, 5.74) is 0.750. The summed E-state index contributed by atoms with van der Waals surface area (Å²) in [6.45, 7) is 6.53. The summed E-state index contributed by atoms with van der Waals surface area (Å²) in [5.74, 6) is 0.796. The van der Waals surface area contributed by atoms with Gasteiger partial charge in [-0.3, -0.25) is 0 Å². The molecule has 3 atom stereocenters. The molecule has 2 aromatic carbocycles. The molecule has 0 heterocycles. The quantitative estimate of drug-likeness (QED) is 0.221. The minimum absolute atomic E-state index is 0.0250. The van der Waals surface area contributed by atoms with Gasteiger partial charge in [0.2, 0.25) is 0 Å². The first kappa shape index (κ1) is 26.8. The lowest BCUT2D eigenvalue weighted by Crippen LogP contribution is -2.41. The molecule has 0 aliphatic carbocycles. The highest BCUT2D eigenvalue weighted by Gasteiger charge is 2.30. The molecule has 0 fully saturated rings. The van der Waals surface area contributed by atoms with Crippen LogP contribution in [0.3, 0.4) is 0 Å². The number of methoxy groups -OCH3 is 1. The summed E-state index contributed by atoms with van der Waals surface area (Å²) >= 11 is 0. The van der Waals surface area contributed by atoms with Crippen molar-refractivity contribution in [2.45, 2.75) is 50.8 Å². The van der Waals surface area contributed by atoms with Gasteiger partial charge in [-0.15, -0.1) is 6.58 Å². The third-order valence-electron chi connectivity index (χ3n) is 5.13. The van der Waals surface area contributed by atoms with Crippen LogP contribution >= 0.6 is 0 Å². The van der Waals surface area contributed by atoms with E-state index in [4.69, 9.17) is 18.9 Å². The molecule has 6 nitrogen and oxygen atoms in total. The maximum absolute atomic E-state index is 11.0. The van der Waals surface area contributed by atoms with Crippen LogP contribution in [0.5, 0.6) is 5.75 Å². The van der Waals surface area contributed by atoms with E-state index in [9.17, 15) is 10.2 Å². The summed E-state index contributed by atoms with van der Waals surface area (Å²) in [6.07, 6.45) is 4.30. The molecule has 2 rings (SSSR count). The average molecular weight is 457 g/mol. The van der Waals surface area contributed by atoms with Crippen LogP contribution in [0.1, 0.15) is 30.9 Å². The fraction of sp³-hybridized carbons (Fsp3) is 0.407. The van der Waals surface area contributed by atoms with Crippen molar-refractivity contribution in [1.82, 2.24) is 0 Å². The predicted octanol–water partition coefficient (Wildman–Crippen LogP) is 4.41. The number of hydrogen-bond donors (Lipinski definition) is 2. The maximum atomic E-state index is 11.0. The Hall–Kier alpha value is -2.48. The number of benzene rings is 2. The summed E-state index contributed by atoms with van der Waals surface area (Å²) in [7, 11) is 1.63. The number of hydrogen-bond acceptors (Lipinski definition) is 6. The summed E-state index contributed by atoms with van der Waals surface area (Å²) in [4.78, 5) is 0.